The van der Waals surface area contributed by atoms with E-state index in [1.54, 1.807) is 6.20 Å². The number of carbonyl (C=O) groups is 1. The van der Waals surface area contributed by atoms with Crippen molar-refractivity contribution < 1.29 is 28.0 Å². The molecule has 1 saturated heterocycles. The molecule has 1 aliphatic heterocycles. The number of nitrogen functional groups attached to an aromatic ring is 1. The molecule has 4 N–H and O–H groups in total. The SMILES string of the molecule is Nc1ccn([C@H]2CC[C@@H](CCOP(=O)(O)OCCCCCCNC=O)O2)c(=O)n1. The molecular formula is C17H29N4O7P. The zero-order valence-corrected chi connectivity index (χ0v) is 17.2. The summed E-state index contributed by atoms with van der Waals surface area (Å²) < 4.78 is 29.0. The molecule has 12 heteroatoms. The maximum atomic E-state index is 11.9. The number of rotatable bonds is 14. The molecule has 0 aromatic carbocycles. The molecule has 164 valence electrons. The summed E-state index contributed by atoms with van der Waals surface area (Å²) in [5.74, 6) is 0.155. The lowest BCUT2D eigenvalue weighted by Gasteiger charge is -2.16. The lowest BCUT2D eigenvalue weighted by atomic mass is 10.2. The van der Waals surface area contributed by atoms with E-state index >= 15 is 0 Å². The minimum absolute atomic E-state index is 0.0113. The summed E-state index contributed by atoms with van der Waals surface area (Å²) in [7, 11) is -4.10. The number of anilines is 1. The standard InChI is InChI=1S/C17H29N4O7P/c18-15-7-10-21(17(23)20-15)16-6-5-14(28-16)8-12-27-29(24,25)26-11-4-2-1-3-9-19-13-22/h7,10,13-14,16H,1-6,8-9,11-12H2,(H,19,22)(H,24,25)(H2,18,20,23)/t14-,16+/m0/s1. The van der Waals surface area contributed by atoms with Crippen molar-refractivity contribution in [1.29, 1.82) is 0 Å². The second kappa shape index (κ2) is 12.0. The summed E-state index contributed by atoms with van der Waals surface area (Å²) in [5.41, 5.74) is 5.01. The molecule has 11 nitrogen and oxygen atoms in total. The minimum atomic E-state index is -4.10. The number of phosphoric acid groups is 1. The van der Waals surface area contributed by atoms with Crippen molar-refractivity contribution in [1.82, 2.24) is 14.9 Å². The molecule has 2 rings (SSSR count). The zero-order valence-electron chi connectivity index (χ0n) is 16.3. The van der Waals surface area contributed by atoms with Gasteiger partial charge < -0.3 is 20.7 Å². The van der Waals surface area contributed by atoms with Gasteiger partial charge in [0.25, 0.3) is 0 Å². The molecule has 0 spiro atoms. The van der Waals surface area contributed by atoms with Gasteiger partial charge in [-0.05, 0) is 38.2 Å². The molecule has 0 radical (unpaired) electrons. The Morgan fingerprint density at radius 1 is 1.31 bits per heavy atom. The molecule has 1 aromatic rings. The number of hydrogen-bond donors (Lipinski definition) is 3. The van der Waals surface area contributed by atoms with Crippen LogP contribution in [0.15, 0.2) is 17.1 Å². The predicted octanol–water partition coefficient (Wildman–Crippen LogP) is 1.33. The fourth-order valence-corrected chi connectivity index (χ4v) is 3.78. The van der Waals surface area contributed by atoms with Gasteiger partial charge in [0.2, 0.25) is 6.41 Å². The normalized spacial score (nSPS) is 21.0. The first-order chi connectivity index (χ1) is 13.9. The fraction of sp³-hybridized carbons (Fsp3) is 0.706. The van der Waals surface area contributed by atoms with Gasteiger partial charge in [0.05, 0.1) is 19.3 Å². The van der Waals surface area contributed by atoms with Crippen LogP contribution in [0.5, 0.6) is 0 Å². The molecule has 1 unspecified atom stereocenters. The molecule has 29 heavy (non-hydrogen) atoms. The summed E-state index contributed by atoms with van der Waals surface area (Å²) in [4.78, 5) is 35.3. The summed E-state index contributed by atoms with van der Waals surface area (Å²) in [6, 6.07) is 1.53. The molecule has 1 aliphatic rings. The van der Waals surface area contributed by atoms with Gasteiger partial charge in [-0.15, -0.1) is 0 Å². The second-order valence-electron chi connectivity index (χ2n) is 6.74. The van der Waals surface area contributed by atoms with E-state index in [1.807, 2.05) is 0 Å². The van der Waals surface area contributed by atoms with Crippen LogP contribution in [0.4, 0.5) is 5.82 Å². The largest absolute Gasteiger partial charge is 0.472 e. The summed E-state index contributed by atoms with van der Waals surface area (Å²) in [6.07, 6.45) is 6.53. The molecule has 1 aromatic heterocycles. The second-order valence-corrected chi connectivity index (χ2v) is 8.20. The number of hydrogen-bond acceptors (Lipinski definition) is 8. The first kappa shape index (κ1) is 23.5. The van der Waals surface area contributed by atoms with Crippen LogP contribution >= 0.6 is 7.82 Å². The Labute approximate surface area is 169 Å². The molecule has 1 amide bonds. The summed E-state index contributed by atoms with van der Waals surface area (Å²) in [6.45, 7) is 0.765. The number of aromatic nitrogens is 2. The lowest BCUT2D eigenvalue weighted by molar-refractivity contribution is -0.109. The van der Waals surface area contributed by atoms with E-state index in [4.69, 9.17) is 19.5 Å². The average Bonchev–Trinajstić information content (AvgIpc) is 3.12. The lowest BCUT2D eigenvalue weighted by Crippen LogP contribution is -2.27. The van der Waals surface area contributed by atoms with Gasteiger partial charge in [-0.25, -0.2) is 9.36 Å². The smallest absolute Gasteiger partial charge is 0.383 e. The van der Waals surface area contributed by atoms with Gasteiger partial charge in [0.15, 0.2) is 0 Å². The monoisotopic (exact) mass is 432 g/mol. The molecular weight excluding hydrogens is 403 g/mol. The quantitative estimate of drug-likeness (QED) is 0.224. The van der Waals surface area contributed by atoms with E-state index in [0.717, 1.165) is 19.3 Å². The number of nitrogens with one attached hydrogen (secondary N) is 1. The van der Waals surface area contributed by atoms with Gasteiger partial charge in [-0.1, -0.05) is 12.8 Å². The van der Waals surface area contributed by atoms with Crippen LogP contribution in [-0.2, 0) is 23.1 Å². The number of ether oxygens (including phenoxy) is 1. The Bertz CT molecular complexity index is 745. The van der Waals surface area contributed by atoms with E-state index in [9.17, 15) is 19.0 Å². The number of nitrogens with zero attached hydrogens (tertiary/aromatic N) is 2. The molecule has 0 aliphatic carbocycles. The molecule has 0 bridgehead atoms. The van der Waals surface area contributed by atoms with Crippen LogP contribution in [0.1, 0.15) is 51.2 Å². The zero-order chi connectivity index (χ0) is 21.1. The molecule has 0 saturated carbocycles. The highest BCUT2D eigenvalue weighted by Gasteiger charge is 2.28. The van der Waals surface area contributed by atoms with Crippen molar-refractivity contribution in [3.05, 3.63) is 22.7 Å². The number of unbranched alkanes of at least 4 members (excludes halogenated alkanes) is 3. The van der Waals surface area contributed by atoms with Crippen LogP contribution in [0, 0.1) is 0 Å². The number of phosphoric ester groups is 1. The van der Waals surface area contributed by atoms with Crippen LogP contribution < -0.4 is 16.7 Å². The molecule has 1 fully saturated rings. The topological polar surface area (TPSA) is 155 Å². The summed E-state index contributed by atoms with van der Waals surface area (Å²) in [5, 5.41) is 2.58. The Morgan fingerprint density at radius 3 is 2.83 bits per heavy atom. The van der Waals surface area contributed by atoms with Gasteiger partial charge >= 0.3 is 13.5 Å². The van der Waals surface area contributed by atoms with Crippen LogP contribution in [0.3, 0.4) is 0 Å². The van der Waals surface area contributed by atoms with E-state index < -0.39 is 19.7 Å². The van der Waals surface area contributed by atoms with E-state index in [0.29, 0.717) is 38.6 Å². The van der Waals surface area contributed by atoms with E-state index in [2.05, 4.69) is 10.3 Å². The Hall–Kier alpha value is -1.78. The van der Waals surface area contributed by atoms with Gasteiger partial charge in [-0.2, -0.15) is 4.98 Å². The Balaban J connectivity index is 1.59. The summed E-state index contributed by atoms with van der Waals surface area (Å²) >= 11 is 0. The predicted molar refractivity (Wildman–Crippen MR) is 105 cm³/mol. The van der Waals surface area contributed by atoms with Gasteiger partial charge in [0, 0.05) is 12.7 Å². The van der Waals surface area contributed by atoms with Crippen molar-refractivity contribution >= 4 is 20.1 Å². The molecule has 2 heterocycles. The van der Waals surface area contributed by atoms with Crippen LogP contribution in [-0.4, -0.2) is 46.7 Å². The highest BCUT2D eigenvalue weighted by atomic mass is 31.2. The molecule has 3 atom stereocenters. The third kappa shape index (κ3) is 8.63. The van der Waals surface area contributed by atoms with Crippen molar-refractivity contribution in [2.75, 3.05) is 25.5 Å². The van der Waals surface area contributed by atoms with Crippen molar-refractivity contribution in [3.8, 4) is 0 Å². The number of carbonyl (C=O) groups excluding carboxylic acids is 1. The average molecular weight is 432 g/mol. The highest BCUT2D eigenvalue weighted by Crippen LogP contribution is 2.43. The number of nitrogens with two attached hydrogens (primary N) is 1. The highest BCUT2D eigenvalue weighted by molar-refractivity contribution is 7.47. The first-order valence-electron chi connectivity index (χ1n) is 9.70. The van der Waals surface area contributed by atoms with Gasteiger partial charge in [0.1, 0.15) is 12.0 Å². The Morgan fingerprint density at radius 2 is 2.07 bits per heavy atom. The van der Waals surface area contributed by atoms with Gasteiger partial charge in [-0.3, -0.25) is 18.4 Å². The van der Waals surface area contributed by atoms with Crippen molar-refractivity contribution in [3.63, 3.8) is 0 Å². The van der Waals surface area contributed by atoms with E-state index in [1.165, 1.54) is 10.6 Å². The first-order valence-corrected chi connectivity index (χ1v) is 11.2. The van der Waals surface area contributed by atoms with Crippen molar-refractivity contribution in [2.45, 2.75) is 57.3 Å². The minimum Gasteiger partial charge on any atom is -0.383 e. The third-order valence-electron chi connectivity index (χ3n) is 4.49. The number of amides is 1. The fourth-order valence-electron chi connectivity index (χ4n) is 3.01. The maximum Gasteiger partial charge on any atom is 0.472 e. The Kier molecular flexibility index (Phi) is 9.75. The third-order valence-corrected chi connectivity index (χ3v) is 5.51. The maximum absolute atomic E-state index is 11.9. The van der Waals surface area contributed by atoms with Crippen LogP contribution in [0.2, 0.25) is 0 Å². The van der Waals surface area contributed by atoms with Crippen LogP contribution in [0.25, 0.3) is 0 Å². The van der Waals surface area contributed by atoms with Crippen molar-refractivity contribution in [2.24, 2.45) is 0 Å². The van der Waals surface area contributed by atoms with E-state index in [-0.39, 0.29) is 25.1 Å².